The summed E-state index contributed by atoms with van der Waals surface area (Å²) in [5.74, 6) is 2.03. The van der Waals surface area contributed by atoms with E-state index in [-0.39, 0.29) is 12.3 Å². The molecule has 1 amide bonds. The van der Waals surface area contributed by atoms with Gasteiger partial charge in [-0.2, -0.15) is 5.10 Å². The minimum atomic E-state index is -0.114. The third kappa shape index (κ3) is 4.35. The smallest absolute Gasteiger partial charge is 0.226 e. The number of rotatable bonds is 6. The zero-order chi connectivity index (χ0) is 17.8. The number of aromatic amines is 1. The minimum absolute atomic E-state index is 0.114. The molecule has 0 saturated carbocycles. The lowest BCUT2D eigenvalue weighted by Crippen LogP contribution is -2.12. The van der Waals surface area contributed by atoms with Crippen molar-refractivity contribution in [2.45, 2.75) is 39.5 Å². The highest BCUT2D eigenvalue weighted by Gasteiger charge is 2.11. The van der Waals surface area contributed by atoms with Gasteiger partial charge in [-0.05, 0) is 12.8 Å². The van der Waals surface area contributed by atoms with Crippen LogP contribution in [0.4, 0.5) is 5.82 Å². The van der Waals surface area contributed by atoms with E-state index in [1.54, 1.807) is 6.20 Å². The van der Waals surface area contributed by atoms with Crippen LogP contribution in [-0.2, 0) is 11.2 Å². The van der Waals surface area contributed by atoms with Crippen LogP contribution >= 0.6 is 0 Å². The number of hydrogen-bond donors (Lipinski definition) is 2. The van der Waals surface area contributed by atoms with Crippen LogP contribution in [0, 0.1) is 6.92 Å². The van der Waals surface area contributed by atoms with Crippen molar-refractivity contribution in [2.75, 3.05) is 5.32 Å². The fraction of sp³-hybridized carbons (Fsp3) is 0.316. The van der Waals surface area contributed by atoms with Crippen molar-refractivity contribution in [3.05, 3.63) is 53.7 Å². The molecule has 0 radical (unpaired) electrons. The predicted octanol–water partition coefficient (Wildman–Crippen LogP) is 4.07. The summed E-state index contributed by atoms with van der Waals surface area (Å²) in [6.07, 6.45) is 2.43. The number of carbonyl (C=O) groups excluding carboxylic acids is 1. The predicted molar refractivity (Wildman–Crippen MR) is 96.3 cm³/mol. The van der Waals surface area contributed by atoms with Crippen LogP contribution in [0.15, 0.2) is 40.9 Å². The third-order valence-electron chi connectivity index (χ3n) is 3.94. The number of nitrogens with one attached hydrogen (secondary N) is 2. The summed E-state index contributed by atoms with van der Waals surface area (Å²) in [6.45, 7) is 6.17. The molecule has 6 heteroatoms. The maximum absolute atomic E-state index is 12.0. The molecule has 2 aromatic heterocycles. The first kappa shape index (κ1) is 17.0. The number of carbonyl (C=O) groups is 1. The van der Waals surface area contributed by atoms with E-state index < -0.39 is 0 Å². The summed E-state index contributed by atoms with van der Waals surface area (Å²) >= 11 is 0. The Morgan fingerprint density at radius 2 is 2.04 bits per heavy atom. The molecule has 0 saturated heterocycles. The van der Waals surface area contributed by atoms with Gasteiger partial charge in [0.05, 0.1) is 6.20 Å². The second kappa shape index (κ2) is 7.34. The van der Waals surface area contributed by atoms with Gasteiger partial charge in [-0.3, -0.25) is 9.89 Å². The van der Waals surface area contributed by atoms with E-state index in [1.807, 2.05) is 37.3 Å². The van der Waals surface area contributed by atoms with E-state index in [0.717, 1.165) is 11.3 Å². The van der Waals surface area contributed by atoms with Gasteiger partial charge in [-0.1, -0.05) is 43.7 Å². The molecule has 1 aromatic carbocycles. The van der Waals surface area contributed by atoms with Gasteiger partial charge in [0.1, 0.15) is 0 Å². The lowest BCUT2D eigenvalue weighted by Gasteiger charge is -2.00. The first-order valence-electron chi connectivity index (χ1n) is 8.38. The molecule has 0 unspecified atom stereocenters. The van der Waals surface area contributed by atoms with Crippen LogP contribution in [0.25, 0.3) is 11.3 Å². The molecule has 6 nitrogen and oxygen atoms in total. The number of oxazole rings is 1. The molecule has 0 aliphatic carbocycles. The summed E-state index contributed by atoms with van der Waals surface area (Å²) in [5.41, 5.74) is 3.16. The molecule has 25 heavy (non-hydrogen) atoms. The van der Waals surface area contributed by atoms with E-state index in [1.165, 1.54) is 5.56 Å². The number of aryl methyl sites for hydroxylation is 2. The molecule has 3 aromatic rings. The molecule has 3 rings (SSSR count). The molecular formula is C19H22N4O2. The SMILES string of the molecule is Cc1ccc(-c2cnc(CCC(=O)Nc3cc(C(C)C)[nH]n3)o2)cc1. The summed E-state index contributed by atoms with van der Waals surface area (Å²) in [4.78, 5) is 16.3. The molecule has 0 spiro atoms. The average molecular weight is 338 g/mol. The Kier molecular flexibility index (Phi) is 4.97. The molecule has 0 aliphatic rings. The first-order valence-corrected chi connectivity index (χ1v) is 8.38. The van der Waals surface area contributed by atoms with Gasteiger partial charge in [0.25, 0.3) is 0 Å². The Balaban J connectivity index is 1.54. The fourth-order valence-corrected chi connectivity index (χ4v) is 2.40. The van der Waals surface area contributed by atoms with Gasteiger partial charge in [-0.15, -0.1) is 0 Å². The highest BCUT2D eigenvalue weighted by molar-refractivity contribution is 5.89. The molecule has 0 atom stereocenters. The van der Waals surface area contributed by atoms with Gasteiger partial charge in [0, 0.05) is 30.2 Å². The molecule has 2 heterocycles. The molecule has 0 aliphatic heterocycles. The quantitative estimate of drug-likeness (QED) is 0.709. The summed E-state index contributed by atoms with van der Waals surface area (Å²) < 4.78 is 5.73. The number of H-pyrrole nitrogens is 1. The molecule has 0 fully saturated rings. The van der Waals surface area contributed by atoms with E-state index in [0.29, 0.717) is 29.8 Å². The first-order chi connectivity index (χ1) is 12.0. The van der Waals surface area contributed by atoms with Crippen LogP contribution in [0.1, 0.15) is 43.3 Å². The summed E-state index contributed by atoms with van der Waals surface area (Å²) in [6, 6.07) is 9.90. The van der Waals surface area contributed by atoms with Crippen LogP contribution in [0.3, 0.4) is 0 Å². The fourth-order valence-electron chi connectivity index (χ4n) is 2.40. The highest BCUT2D eigenvalue weighted by Crippen LogP contribution is 2.21. The second-order valence-electron chi connectivity index (χ2n) is 6.40. The molecule has 2 N–H and O–H groups in total. The van der Waals surface area contributed by atoms with E-state index >= 15 is 0 Å². The molecule has 130 valence electrons. The lowest BCUT2D eigenvalue weighted by atomic mass is 10.1. The largest absolute Gasteiger partial charge is 0.441 e. The Morgan fingerprint density at radius 3 is 2.72 bits per heavy atom. The number of hydrogen-bond acceptors (Lipinski definition) is 4. The summed E-state index contributed by atoms with van der Waals surface area (Å²) in [7, 11) is 0. The Morgan fingerprint density at radius 1 is 1.28 bits per heavy atom. The zero-order valence-electron chi connectivity index (χ0n) is 14.7. The van der Waals surface area contributed by atoms with Crippen molar-refractivity contribution >= 4 is 11.7 Å². The van der Waals surface area contributed by atoms with E-state index in [9.17, 15) is 4.79 Å². The van der Waals surface area contributed by atoms with Gasteiger partial charge in [-0.25, -0.2) is 4.98 Å². The van der Waals surface area contributed by atoms with Gasteiger partial charge in [0.15, 0.2) is 17.5 Å². The third-order valence-corrected chi connectivity index (χ3v) is 3.94. The summed E-state index contributed by atoms with van der Waals surface area (Å²) in [5, 5.41) is 9.78. The van der Waals surface area contributed by atoms with Crippen molar-refractivity contribution in [1.29, 1.82) is 0 Å². The van der Waals surface area contributed by atoms with Crippen molar-refractivity contribution < 1.29 is 9.21 Å². The molecular weight excluding hydrogens is 316 g/mol. The van der Waals surface area contributed by atoms with Gasteiger partial charge >= 0.3 is 0 Å². The minimum Gasteiger partial charge on any atom is -0.441 e. The van der Waals surface area contributed by atoms with Crippen LogP contribution in [0.2, 0.25) is 0 Å². The van der Waals surface area contributed by atoms with Crippen molar-refractivity contribution in [3.63, 3.8) is 0 Å². The number of aromatic nitrogens is 3. The highest BCUT2D eigenvalue weighted by atomic mass is 16.4. The van der Waals surface area contributed by atoms with Crippen LogP contribution in [-0.4, -0.2) is 21.1 Å². The van der Waals surface area contributed by atoms with Crippen LogP contribution < -0.4 is 5.32 Å². The maximum atomic E-state index is 12.0. The van der Waals surface area contributed by atoms with Crippen molar-refractivity contribution in [3.8, 4) is 11.3 Å². The lowest BCUT2D eigenvalue weighted by molar-refractivity contribution is -0.116. The van der Waals surface area contributed by atoms with Gasteiger partial charge < -0.3 is 9.73 Å². The monoisotopic (exact) mass is 338 g/mol. The Hall–Kier alpha value is -2.89. The van der Waals surface area contributed by atoms with Crippen molar-refractivity contribution in [2.24, 2.45) is 0 Å². The molecule has 0 bridgehead atoms. The zero-order valence-corrected chi connectivity index (χ0v) is 14.7. The normalized spacial score (nSPS) is 11.0. The second-order valence-corrected chi connectivity index (χ2v) is 6.40. The number of nitrogens with zero attached hydrogens (tertiary/aromatic N) is 2. The van der Waals surface area contributed by atoms with Gasteiger partial charge in [0.2, 0.25) is 5.91 Å². The Bertz CT molecular complexity index is 846. The van der Waals surface area contributed by atoms with Crippen LogP contribution in [0.5, 0.6) is 0 Å². The number of benzene rings is 1. The van der Waals surface area contributed by atoms with E-state index in [2.05, 4.69) is 34.3 Å². The average Bonchev–Trinajstić information content (AvgIpc) is 3.23. The maximum Gasteiger partial charge on any atom is 0.226 e. The standard InChI is InChI=1S/C19H22N4O2/c1-12(2)15-10-17(23-22-15)21-18(24)8-9-19-20-11-16(25-19)14-6-4-13(3)5-7-14/h4-7,10-12H,8-9H2,1-3H3,(H2,21,22,23,24). The topological polar surface area (TPSA) is 83.8 Å². The number of anilines is 1. The Labute approximate surface area is 146 Å². The van der Waals surface area contributed by atoms with E-state index in [4.69, 9.17) is 4.42 Å². The number of amides is 1. The van der Waals surface area contributed by atoms with Crippen molar-refractivity contribution in [1.82, 2.24) is 15.2 Å².